The SMILES string of the molecule is CC(C)C[C@@H](NC(=O)[C@]1(CCCOS(C)(=O)=O)CCCN1C(=O)OC(C)(C)C)C(=O)OC(C)(C)C. The largest absolute Gasteiger partial charge is 0.458 e. The first-order valence-corrected chi connectivity index (χ1v) is 14.0. The first kappa shape index (κ1) is 31.2. The van der Waals surface area contributed by atoms with E-state index in [4.69, 9.17) is 13.7 Å². The molecule has 2 amide bonds. The molecule has 35 heavy (non-hydrogen) atoms. The molecule has 1 heterocycles. The molecule has 1 fully saturated rings. The molecule has 0 spiro atoms. The molecular formula is C24H44N2O8S. The first-order valence-electron chi connectivity index (χ1n) is 12.1. The van der Waals surface area contributed by atoms with E-state index in [0.717, 1.165) is 6.26 Å². The smallest absolute Gasteiger partial charge is 0.411 e. The van der Waals surface area contributed by atoms with Crippen molar-refractivity contribution in [3.63, 3.8) is 0 Å². The number of hydrogen-bond donors (Lipinski definition) is 1. The number of carbonyl (C=O) groups is 3. The molecule has 11 heteroatoms. The van der Waals surface area contributed by atoms with Crippen molar-refractivity contribution < 1.29 is 36.5 Å². The lowest BCUT2D eigenvalue weighted by Crippen LogP contribution is -2.61. The Morgan fingerprint density at radius 2 is 1.60 bits per heavy atom. The van der Waals surface area contributed by atoms with Crippen molar-refractivity contribution in [3.8, 4) is 0 Å². The average Bonchev–Trinajstić information content (AvgIpc) is 3.06. The summed E-state index contributed by atoms with van der Waals surface area (Å²) in [6.45, 7) is 14.5. The molecule has 0 aliphatic carbocycles. The van der Waals surface area contributed by atoms with Gasteiger partial charge in [-0.2, -0.15) is 8.42 Å². The van der Waals surface area contributed by atoms with Crippen LogP contribution >= 0.6 is 0 Å². The van der Waals surface area contributed by atoms with E-state index in [9.17, 15) is 22.8 Å². The van der Waals surface area contributed by atoms with Gasteiger partial charge in [-0.3, -0.25) is 13.9 Å². The van der Waals surface area contributed by atoms with Gasteiger partial charge in [0.2, 0.25) is 5.91 Å². The van der Waals surface area contributed by atoms with Crippen molar-refractivity contribution in [1.82, 2.24) is 10.2 Å². The highest BCUT2D eigenvalue weighted by Gasteiger charge is 2.51. The van der Waals surface area contributed by atoms with E-state index < -0.39 is 50.9 Å². The molecule has 0 aromatic heterocycles. The van der Waals surface area contributed by atoms with Gasteiger partial charge in [-0.1, -0.05) is 13.8 Å². The van der Waals surface area contributed by atoms with Gasteiger partial charge in [-0.15, -0.1) is 0 Å². The third-order valence-corrected chi connectivity index (χ3v) is 5.86. The van der Waals surface area contributed by atoms with E-state index in [0.29, 0.717) is 25.8 Å². The number of rotatable bonds is 10. The van der Waals surface area contributed by atoms with Gasteiger partial charge in [0.15, 0.2) is 0 Å². The second kappa shape index (κ2) is 11.9. The predicted octanol–water partition coefficient (Wildman–Crippen LogP) is 3.39. The number of esters is 1. The number of nitrogens with zero attached hydrogens (tertiary/aromatic N) is 1. The fourth-order valence-electron chi connectivity index (χ4n) is 4.00. The van der Waals surface area contributed by atoms with Gasteiger partial charge < -0.3 is 14.8 Å². The Hall–Kier alpha value is -1.88. The zero-order valence-electron chi connectivity index (χ0n) is 22.7. The molecular weight excluding hydrogens is 476 g/mol. The number of likely N-dealkylation sites (tertiary alicyclic amines) is 1. The quantitative estimate of drug-likeness (QED) is 0.264. The summed E-state index contributed by atoms with van der Waals surface area (Å²) in [5.74, 6) is -0.939. The molecule has 0 unspecified atom stereocenters. The third kappa shape index (κ3) is 10.7. The summed E-state index contributed by atoms with van der Waals surface area (Å²) in [6, 6.07) is -0.896. The third-order valence-electron chi connectivity index (χ3n) is 5.26. The number of hydrogen-bond acceptors (Lipinski definition) is 8. The summed E-state index contributed by atoms with van der Waals surface area (Å²) in [5.41, 5.74) is -2.80. The molecule has 1 rings (SSSR count). The Kier molecular flexibility index (Phi) is 10.6. The van der Waals surface area contributed by atoms with Crippen molar-refractivity contribution in [2.45, 2.75) is 110 Å². The summed E-state index contributed by atoms with van der Waals surface area (Å²) < 4.78 is 38.7. The molecule has 0 saturated carbocycles. The lowest BCUT2D eigenvalue weighted by atomic mass is 9.88. The lowest BCUT2D eigenvalue weighted by molar-refractivity contribution is -0.160. The molecule has 10 nitrogen and oxygen atoms in total. The van der Waals surface area contributed by atoms with E-state index in [-0.39, 0.29) is 25.4 Å². The van der Waals surface area contributed by atoms with Crippen LogP contribution in [0.2, 0.25) is 0 Å². The zero-order chi connectivity index (χ0) is 27.2. The summed E-state index contributed by atoms with van der Waals surface area (Å²) in [6.07, 6.45) is 1.94. The van der Waals surface area contributed by atoms with E-state index >= 15 is 0 Å². The Morgan fingerprint density at radius 3 is 2.09 bits per heavy atom. The number of ether oxygens (including phenoxy) is 2. The van der Waals surface area contributed by atoms with Gasteiger partial charge in [0, 0.05) is 6.54 Å². The van der Waals surface area contributed by atoms with Crippen LogP contribution in [0, 0.1) is 5.92 Å². The van der Waals surface area contributed by atoms with E-state index in [1.807, 2.05) is 13.8 Å². The fraction of sp³-hybridized carbons (Fsp3) is 0.875. The Bertz CT molecular complexity index is 858. The Balaban J connectivity index is 3.25. The maximum Gasteiger partial charge on any atom is 0.411 e. The Labute approximate surface area is 210 Å². The second-order valence-corrected chi connectivity index (χ2v) is 13.2. The van der Waals surface area contributed by atoms with E-state index in [2.05, 4.69) is 5.32 Å². The fourth-order valence-corrected chi connectivity index (χ4v) is 4.42. The molecule has 0 aromatic carbocycles. The van der Waals surface area contributed by atoms with Crippen LogP contribution < -0.4 is 5.32 Å². The van der Waals surface area contributed by atoms with Gasteiger partial charge in [0.1, 0.15) is 22.8 Å². The maximum atomic E-state index is 13.8. The van der Waals surface area contributed by atoms with Crippen LogP contribution in [0.4, 0.5) is 4.79 Å². The summed E-state index contributed by atoms with van der Waals surface area (Å²) in [4.78, 5) is 41.1. The summed E-state index contributed by atoms with van der Waals surface area (Å²) >= 11 is 0. The van der Waals surface area contributed by atoms with Crippen LogP contribution in [-0.4, -0.2) is 73.5 Å². The molecule has 0 bridgehead atoms. The molecule has 1 aliphatic heterocycles. The van der Waals surface area contributed by atoms with Crippen LogP contribution in [0.5, 0.6) is 0 Å². The monoisotopic (exact) mass is 520 g/mol. The number of amides is 2. The van der Waals surface area contributed by atoms with Gasteiger partial charge in [0.05, 0.1) is 12.9 Å². The molecule has 1 N–H and O–H groups in total. The Morgan fingerprint density at radius 1 is 1.03 bits per heavy atom. The second-order valence-electron chi connectivity index (χ2n) is 11.6. The topological polar surface area (TPSA) is 128 Å². The summed E-state index contributed by atoms with van der Waals surface area (Å²) in [5, 5.41) is 2.84. The highest BCUT2D eigenvalue weighted by molar-refractivity contribution is 7.85. The van der Waals surface area contributed by atoms with Crippen molar-refractivity contribution in [2.75, 3.05) is 19.4 Å². The summed E-state index contributed by atoms with van der Waals surface area (Å²) in [7, 11) is -3.64. The lowest BCUT2D eigenvalue weighted by Gasteiger charge is -2.39. The van der Waals surface area contributed by atoms with Gasteiger partial charge in [-0.05, 0) is 79.6 Å². The average molecular weight is 521 g/mol. The van der Waals surface area contributed by atoms with Crippen LogP contribution in [-0.2, 0) is 33.4 Å². The minimum absolute atomic E-state index is 0.0949. The van der Waals surface area contributed by atoms with Crippen LogP contribution in [0.25, 0.3) is 0 Å². The van der Waals surface area contributed by atoms with Crippen LogP contribution in [0.3, 0.4) is 0 Å². The van der Waals surface area contributed by atoms with Crippen molar-refractivity contribution >= 4 is 28.1 Å². The normalized spacial score (nSPS) is 20.0. The van der Waals surface area contributed by atoms with Crippen molar-refractivity contribution in [2.24, 2.45) is 5.92 Å². The van der Waals surface area contributed by atoms with Crippen LogP contribution in [0.15, 0.2) is 0 Å². The number of nitrogens with one attached hydrogen (secondary N) is 1. The minimum atomic E-state index is -3.64. The van der Waals surface area contributed by atoms with E-state index in [1.165, 1.54) is 4.90 Å². The van der Waals surface area contributed by atoms with Gasteiger partial charge in [0.25, 0.3) is 10.1 Å². The number of carbonyl (C=O) groups excluding carboxylic acids is 3. The molecule has 0 radical (unpaired) electrons. The molecule has 204 valence electrons. The molecule has 1 aliphatic rings. The highest BCUT2D eigenvalue weighted by Crippen LogP contribution is 2.36. The zero-order valence-corrected chi connectivity index (χ0v) is 23.5. The van der Waals surface area contributed by atoms with Gasteiger partial charge >= 0.3 is 12.1 Å². The molecule has 1 saturated heterocycles. The maximum absolute atomic E-state index is 13.8. The van der Waals surface area contributed by atoms with Gasteiger partial charge in [-0.25, -0.2) is 9.59 Å². The van der Waals surface area contributed by atoms with E-state index in [1.54, 1.807) is 41.5 Å². The van der Waals surface area contributed by atoms with Crippen LogP contribution in [0.1, 0.15) is 87.5 Å². The molecule has 0 aromatic rings. The first-order chi connectivity index (χ1) is 15.8. The van der Waals surface area contributed by atoms with Crippen molar-refractivity contribution in [1.29, 1.82) is 0 Å². The predicted molar refractivity (Wildman–Crippen MR) is 132 cm³/mol. The van der Waals surface area contributed by atoms with Crippen molar-refractivity contribution in [3.05, 3.63) is 0 Å². The standard InChI is InChI=1S/C24H44N2O8S/c1-17(2)16-18(19(27)33-22(3,4)5)25-20(28)24(13-11-15-32-35(9,30)31)12-10-14-26(24)21(29)34-23(6,7)8/h17-18H,10-16H2,1-9H3,(H,25,28)/t18-,24-/m1/s1. The molecule has 2 atom stereocenters. The minimum Gasteiger partial charge on any atom is -0.458 e. The highest BCUT2D eigenvalue weighted by atomic mass is 32.2.